The number of aromatic hydroxyl groups is 1. The van der Waals surface area contributed by atoms with E-state index in [-0.39, 0.29) is 17.0 Å². The monoisotopic (exact) mass is 397 g/mol. The average molecular weight is 397 g/mol. The van der Waals surface area contributed by atoms with E-state index < -0.39 is 33.8 Å². The summed E-state index contributed by atoms with van der Waals surface area (Å²) in [7, 11) is 0. The Morgan fingerprint density at radius 3 is 2.66 bits per heavy atom. The molecular formula is C18H12FN5O5. The Morgan fingerprint density at radius 1 is 1.24 bits per heavy atom. The standard InChI is InChI=1S/C18H12FN5O5/c19-12-4-2-11(3-5-12)13-8-14(22-18(27)21-13)17(26)23-20-9-10-1-6-16(25)15(7-10)24(28)29/h1-9,25H,(H,23,26)(H,21,22,27)/b20-9+. The van der Waals surface area contributed by atoms with Crippen LogP contribution in [0.5, 0.6) is 5.75 Å². The predicted octanol–water partition coefficient (Wildman–Crippen LogP) is 1.95. The summed E-state index contributed by atoms with van der Waals surface area (Å²) in [5, 5.41) is 23.9. The third-order valence-corrected chi connectivity index (χ3v) is 3.71. The van der Waals surface area contributed by atoms with Crippen LogP contribution in [0.25, 0.3) is 11.3 Å². The van der Waals surface area contributed by atoms with Gasteiger partial charge in [0.05, 0.1) is 16.8 Å². The molecule has 0 aliphatic heterocycles. The van der Waals surface area contributed by atoms with E-state index in [0.717, 1.165) is 18.3 Å². The quantitative estimate of drug-likeness (QED) is 0.340. The number of aromatic nitrogens is 2. The highest BCUT2D eigenvalue weighted by molar-refractivity contribution is 5.94. The van der Waals surface area contributed by atoms with Crippen molar-refractivity contribution in [3.05, 3.63) is 86.2 Å². The number of rotatable bonds is 5. The molecule has 3 aromatic rings. The predicted molar refractivity (Wildman–Crippen MR) is 100 cm³/mol. The van der Waals surface area contributed by atoms with Crippen LogP contribution < -0.4 is 11.1 Å². The molecule has 0 aliphatic carbocycles. The van der Waals surface area contributed by atoms with Gasteiger partial charge >= 0.3 is 11.4 Å². The number of aromatic amines is 1. The molecule has 0 atom stereocenters. The number of carbonyl (C=O) groups is 1. The molecule has 0 unspecified atom stereocenters. The van der Waals surface area contributed by atoms with E-state index in [9.17, 15) is 29.2 Å². The van der Waals surface area contributed by atoms with E-state index in [4.69, 9.17) is 0 Å². The molecule has 0 saturated heterocycles. The summed E-state index contributed by atoms with van der Waals surface area (Å²) in [5.41, 5.74) is 1.59. The number of amides is 1. The number of benzene rings is 2. The Balaban J connectivity index is 1.78. The van der Waals surface area contributed by atoms with Gasteiger partial charge < -0.3 is 10.1 Å². The van der Waals surface area contributed by atoms with E-state index in [2.05, 4.69) is 20.5 Å². The van der Waals surface area contributed by atoms with Crippen LogP contribution in [0.4, 0.5) is 10.1 Å². The van der Waals surface area contributed by atoms with Crippen molar-refractivity contribution < 1.29 is 19.2 Å². The van der Waals surface area contributed by atoms with Crippen LogP contribution in [0.15, 0.2) is 58.4 Å². The average Bonchev–Trinajstić information content (AvgIpc) is 2.69. The van der Waals surface area contributed by atoms with Gasteiger partial charge in [0.15, 0.2) is 5.75 Å². The molecule has 1 aromatic heterocycles. The van der Waals surface area contributed by atoms with Crippen molar-refractivity contribution in [1.29, 1.82) is 0 Å². The van der Waals surface area contributed by atoms with E-state index in [1.54, 1.807) is 0 Å². The number of phenols is 1. The van der Waals surface area contributed by atoms with Crippen LogP contribution in [0.1, 0.15) is 16.1 Å². The summed E-state index contributed by atoms with van der Waals surface area (Å²) in [6.07, 6.45) is 1.13. The minimum atomic E-state index is -0.782. The third-order valence-electron chi connectivity index (χ3n) is 3.71. The van der Waals surface area contributed by atoms with Crippen molar-refractivity contribution in [3.8, 4) is 17.0 Å². The molecule has 0 saturated carbocycles. The molecule has 11 heteroatoms. The first kappa shape index (κ1) is 19.4. The summed E-state index contributed by atoms with van der Waals surface area (Å²) in [6.45, 7) is 0. The summed E-state index contributed by atoms with van der Waals surface area (Å²) in [4.78, 5) is 40.0. The fraction of sp³-hybridized carbons (Fsp3) is 0. The Morgan fingerprint density at radius 2 is 1.97 bits per heavy atom. The SMILES string of the molecule is O=C(N/N=C/c1ccc(O)c([N+](=O)[O-])c1)c1cc(-c2ccc(F)cc2)nc(=O)[nH]1. The molecule has 0 spiro atoms. The smallest absolute Gasteiger partial charge is 0.346 e. The van der Waals surface area contributed by atoms with Crippen molar-refractivity contribution in [3.63, 3.8) is 0 Å². The van der Waals surface area contributed by atoms with Crippen LogP contribution in [-0.4, -0.2) is 32.1 Å². The Bertz CT molecular complexity index is 1170. The highest BCUT2D eigenvalue weighted by Gasteiger charge is 2.13. The number of carbonyl (C=O) groups excluding carboxylic acids is 1. The molecule has 0 aliphatic rings. The van der Waals surface area contributed by atoms with E-state index in [0.29, 0.717) is 5.56 Å². The zero-order valence-electron chi connectivity index (χ0n) is 14.5. The van der Waals surface area contributed by atoms with Crippen LogP contribution in [0, 0.1) is 15.9 Å². The van der Waals surface area contributed by atoms with E-state index in [1.807, 2.05) is 0 Å². The number of hydrogen-bond acceptors (Lipinski definition) is 7. The van der Waals surface area contributed by atoms with Gasteiger partial charge in [0.1, 0.15) is 11.5 Å². The highest BCUT2D eigenvalue weighted by Crippen LogP contribution is 2.25. The second kappa shape index (κ2) is 8.08. The fourth-order valence-electron chi connectivity index (χ4n) is 2.34. The van der Waals surface area contributed by atoms with Crippen LogP contribution in [-0.2, 0) is 0 Å². The molecule has 0 radical (unpaired) electrons. The number of nitrogens with zero attached hydrogens (tertiary/aromatic N) is 3. The van der Waals surface area contributed by atoms with Gasteiger partial charge in [-0.1, -0.05) is 0 Å². The second-order valence-electron chi connectivity index (χ2n) is 5.70. The first-order valence-corrected chi connectivity index (χ1v) is 8.01. The van der Waals surface area contributed by atoms with Crippen LogP contribution in [0.2, 0.25) is 0 Å². The largest absolute Gasteiger partial charge is 0.502 e. The zero-order valence-corrected chi connectivity index (χ0v) is 14.5. The van der Waals surface area contributed by atoms with Gasteiger partial charge in [-0.25, -0.2) is 14.6 Å². The number of hydrazone groups is 1. The Kier molecular flexibility index (Phi) is 5.39. The molecule has 3 N–H and O–H groups in total. The lowest BCUT2D eigenvalue weighted by Crippen LogP contribution is -2.24. The second-order valence-corrected chi connectivity index (χ2v) is 5.70. The summed E-state index contributed by atoms with van der Waals surface area (Å²) >= 11 is 0. The third kappa shape index (κ3) is 4.66. The summed E-state index contributed by atoms with van der Waals surface area (Å²) in [5.74, 6) is -1.73. The molecule has 0 fully saturated rings. The van der Waals surface area contributed by atoms with Gasteiger partial charge in [-0.3, -0.25) is 14.9 Å². The van der Waals surface area contributed by atoms with Gasteiger partial charge in [0.25, 0.3) is 5.91 Å². The van der Waals surface area contributed by atoms with Gasteiger partial charge in [-0.2, -0.15) is 10.1 Å². The number of nitro groups is 1. The summed E-state index contributed by atoms with van der Waals surface area (Å²) in [6, 6.07) is 10.1. The number of nitrogens with one attached hydrogen (secondary N) is 2. The number of nitro benzene ring substituents is 1. The molecule has 3 rings (SSSR count). The zero-order chi connectivity index (χ0) is 21.0. The minimum Gasteiger partial charge on any atom is -0.502 e. The van der Waals surface area contributed by atoms with E-state index >= 15 is 0 Å². The fourth-order valence-corrected chi connectivity index (χ4v) is 2.34. The maximum atomic E-state index is 13.0. The van der Waals surface area contributed by atoms with Crippen molar-refractivity contribution in [2.75, 3.05) is 0 Å². The molecule has 10 nitrogen and oxygen atoms in total. The highest BCUT2D eigenvalue weighted by atomic mass is 19.1. The lowest BCUT2D eigenvalue weighted by atomic mass is 10.1. The Hall–Kier alpha value is -4.41. The van der Waals surface area contributed by atoms with Gasteiger partial charge in [-0.15, -0.1) is 0 Å². The number of halogens is 1. The van der Waals surface area contributed by atoms with Gasteiger partial charge in [0, 0.05) is 17.2 Å². The first-order chi connectivity index (χ1) is 13.8. The molecule has 1 amide bonds. The van der Waals surface area contributed by atoms with Crippen LogP contribution >= 0.6 is 0 Å². The lowest BCUT2D eigenvalue weighted by molar-refractivity contribution is -0.385. The van der Waals surface area contributed by atoms with E-state index in [1.165, 1.54) is 36.4 Å². The van der Waals surface area contributed by atoms with Gasteiger partial charge in [0.2, 0.25) is 0 Å². The van der Waals surface area contributed by atoms with Crippen molar-refractivity contribution in [1.82, 2.24) is 15.4 Å². The number of hydrogen-bond donors (Lipinski definition) is 3. The van der Waals surface area contributed by atoms with Gasteiger partial charge in [-0.05, 0) is 42.5 Å². The molecule has 146 valence electrons. The Labute approximate surface area is 161 Å². The van der Waals surface area contributed by atoms with Crippen LogP contribution in [0.3, 0.4) is 0 Å². The molecule has 0 bridgehead atoms. The molecule has 29 heavy (non-hydrogen) atoms. The number of H-pyrrole nitrogens is 1. The summed E-state index contributed by atoms with van der Waals surface area (Å²) < 4.78 is 13.0. The molecule has 2 aromatic carbocycles. The van der Waals surface area contributed by atoms with Crippen molar-refractivity contribution >= 4 is 17.8 Å². The minimum absolute atomic E-state index is 0.141. The van der Waals surface area contributed by atoms with Crippen molar-refractivity contribution in [2.24, 2.45) is 5.10 Å². The normalized spacial score (nSPS) is 10.8. The first-order valence-electron chi connectivity index (χ1n) is 8.01. The maximum Gasteiger partial charge on any atom is 0.346 e. The van der Waals surface area contributed by atoms with Crippen molar-refractivity contribution in [2.45, 2.75) is 0 Å². The topological polar surface area (TPSA) is 151 Å². The maximum absolute atomic E-state index is 13.0. The molecule has 1 heterocycles. The lowest BCUT2D eigenvalue weighted by Gasteiger charge is -2.04. The number of phenolic OH excluding ortho intramolecular Hbond substituents is 1. The molecular weight excluding hydrogens is 385 g/mol.